The number of carboxylic acid groups (broad SMARTS) is 1. The molecule has 2 unspecified atom stereocenters. The fraction of sp³-hybridized carbons (Fsp3) is 0.417. The fourth-order valence-corrected chi connectivity index (χ4v) is 3.27. The third-order valence-corrected chi connectivity index (χ3v) is 3.99. The van der Waals surface area contributed by atoms with Gasteiger partial charge in [0, 0.05) is 10.8 Å². The normalized spacial score (nSPS) is 21.2. The van der Waals surface area contributed by atoms with Crippen LogP contribution in [0.4, 0.5) is 0 Å². The van der Waals surface area contributed by atoms with Crippen LogP contribution in [0.1, 0.15) is 23.5 Å². The molecular weight excluding hydrogens is 224 g/mol. The molecule has 1 aliphatic rings. The Labute approximate surface area is 98.5 Å². The van der Waals surface area contributed by atoms with E-state index in [4.69, 9.17) is 5.11 Å². The molecular formula is C12H14O3S. The van der Waals surface area contributed by atoms with Crippen LogP contribution in [0.2, 0.25) is 0 Å². The summed E-state index contributed by atoms with van der Waals surface area (Å²) in [6.07, 6.45) is -0.573. The van der Waals surface area contributed by atoms with Gasteiger partial charge in [-0.2, -0.15) is 0 Å². The predicted molar refractivity (Wildman–Crippen MR) is 62.9 cm³/mol. The lowest BCUT2D eigenvalue weighted by molar-refractivity contribution is -0.147. The van der Waals surface area contributed by atoms with Crippen molar-refractivity contribution in [3.63, 3.8) is 0 Å². The van der Waals surface area contributed by atoms with Crippen LogP contribution < -0.4 is 0 Å². The molecule has 0 amide bonds. The number of aliphatic carboxylic acids is 1. The third kappa shape index (κ3) is 2.08. The van der Waals surface area contributed by atoms with Gasteiger partial charge < -0.3 is 10.2 Å². The second kappa shape index (κ2) is 4.47. The Bertz CT molecular complexity index is 417. The lowest BCUT2D eigenvalue weighted by atomic mass is 9.90. The third-order valence-electron chi connectivity index (χ3n) is 2.89. The summed E-state index contributed by atoms with van der Waals surface area (Å²) in [6, 6.07) is 5.96. The standard InChI is InChI=1S/C12H14O3S/c1-7-2-3-8-9(11(13)12(14)15)4-5-16-10(8)6-7/h2-3,6,9,11,13H,4-5H2,1H3,(H,14,15). The Morgan fingerprint density at radius 1 is 1.56 bits per heavy atom. The van der Waals surface area contributed by atoms with Gasteiger partial charge >= 0.3 is 5.97 Å². The zero-order chi connectivity index (χ0) is 11.7. The zero-order valence-electron chi connectivity index (χ0n) is 9.01. The lowest BCUT2D eigenvalue weighted by Gasteiger charge is -2.27. The van der Waals surface area contributed by atoms with E-state index in [1.165, 1.54) is 0 Å². The summed E-state index contributed by atoms with van der Waals surface area (Å²) in [6.45, 7) is 2.01. The van der Waals surface area contributed by atoms with Crippen molar-refractivity contribution < 1.29 is 15.0 Å². The molecule has 1 aromatic carbocycles. The first-order chi connectivity index (χ1) is 7.59. The first kappa shape index (κ1) is 11.5. The molecule has 16 heavy (non-hydrogen) atoms. The molecule has 0 aliphatic carbocycles. The molecule has 86 valence electrons. The number of carbonyl (C=O) groups is 1. The van der Waals surface area contributed by atoms with Gasteiger partial charge in [0.15, 0.2) is 6.10 Å². The van der Waals surface area contributed by atoms with Crippen LogP contribution in [-0.4, -0.2) is 28.0 Å². The van der Waals surface area contributed by atoms with E-state index in [0.29, 0.717) is 6.42 Å². The van der Waals surface area contributed by atoms with E-state index in [9.17, 15) is 9.90 Å². The predicted octanol–water partition coefficient (Wildman–Crippen LogP) is 2.02. The number of aryl methyl sites for hydroxylation is 1. The van der Waals surface area contributed by atoms with E-state index in [2.05, 4.69) is 6.07 Å². The Hall–Kier alpha value is -1.00. The smallest absolute Gasteiger partial charge is 0.333 e. The average Bonchev–Trinajstić information content (AvgIpc) is 2.26. The highest BCUT2D eigenvalue weighted by Crippen LogP contribution is 2.39. The summed E-state index contributed by atoms with van der Waals surface area (Å²) in [4.78, 5) is 11.9. The average molecular weight is 238 g/mol. The molecule has 1 heterocycles. The number of carboxylic acids is 1. The van der Waals surface area contributed by atoms with Crippen LogP contribution in [-0.2, 0) is 4.79 Å². The second-order valence-electron chi connectivity index (χ2n) is 4.07. The first-order valence-corrected chi connectivity index (χ1v) is 6.22. The summed E-state index contributed by atoms with van der Waals surface area (Å²) < 4.78 is 0. The number of rotatable bonds is 2. The van der Waals surface area contributed by atoms with E-state index >= 15 is 0 Å². The van der Waals surface area contributed by atoms with Crippen LogP contribution in [0.3, 0.4) is 0 Å². The summed E-state index contributed by atoms with van der Waals surface area (Å²) in [5.41, 5.74) is 2.13. The van der Waals surface area contributed by atoms with Gasteiger partial charge in [-0.15, -0.1) is 11.8 Å². The minimum absolute atomic E-state index is 0.269. The maximum absolute atomic E-state index is 10.8. The van der Waals surface area contributed by atoms with Crippen molar-refractivity contribution in [1.29, 1.82) is 0 Å². The minimum Gasteiger partial charge on any atom is -0.479 e. The monoisotopic (exact) mass is 238 g/mol. The van der Waals surface area contributed by atoms with E-state index in [1.54, 1.807) is 11.8 Å². The second-order valence-corrected chi connectivity index (χ2v) is 5.20. The fourth-order valence-electron chi connectivity index (χ4n) is 2.02. The number of thioether (sulfide) groups is 1. The van der Waals surface area contributed by atoms with Gasteiger partial charge in [0.25, 0.3) is 0 Å². The molecule has 0 saturated heterocycles. The molecule has 1 aliphatic heterocycles. The summed E-state index contributed by atoms with van der Waals surface area (Å²) in [7, 11) is 0. The van der Waals surface area contributed by atoms with Gasteiger partial charge in [-0.25, -0.2) is 4.79 Å². The number of benzene rings is 1. The molecule has 0 radical (unpaired) electrons. The number of aliphatic hydroxyl groups is 1. The molecule has 0 bridgehead atoms. The van der Waals surface area contributed by atoms with Gasteiger partial charge in [-0.3, -0.25) is 0 Å². The topological polar surface area (TPSA) is 57.5 Å². The van der Waals surface area contributed by atoms with Crippen LogP contribution >= 0.6 is 11.8 Å². The lowest BCUT2D eigenvalue weighted by Crippen LogP contribution is -2.29. The van der Waals surface area contributed by atoms with Crippen molar-refractivity contribution in [1.82, 2.24) is 0 Å². The Morgan fingerprint density at radius 2 is 2.31 bits per heavy atom. The van der Waals surface area contributed by atoms with Crippen LogP contribution in [0.15, 0.2) is 23.1 Å². The summed E-state index contributed by atoms with van der Waals surface area (Å²) in [5.74, 6) is -0.538. The van der Waals surface area contributed by atoms with Crippen LogP contribution in [0.25, 0.3) is 0 Å². The van der Waals surface area contributed by atoms with E-state index in [1.807, 2.05) is 19.1 Å². The van der Waals surface area contributed by atoms with Crippen LogP contribution in [0.5, 0.6) is 0 Å². The maximum atomic E-state index is 10.8. The number of aliphatic hydroxyl groups excluding tert-OH is 1. The molecule has 4 heteroatoms. The molecule has 0 saturated carbocycles. The van der Waals surface area contributed by atoms with E-state index in [0.717, 1.165) is 21.8 Å². The molecule has 2 rings (SSSR count). The molecule has 1 aromatic rings. The number of hydrogen-bond donors (Lipinski definition) is 2. The Balaban J connectivity index is 2.36. The minimum atomic E-state index is -1.29. The van der Waals surface area contributed by atoms with Crippen molar-refractivity contribution >= 4 is 17.7 Å². The molecule has 3 nitrogen and oxygen atoms in total. The van der Waals surface area contributed by atoms with Gasteiger partial charge in [0.1, 0.15) is 0 Å². The first-order valence-electron chi connectivity index (χ1n) is 5.24. The Morgan fingerprint density at radius 3 is 3.00 bits per heavy atom. The van der Waals surface area contributed by atoms with Crippen LogP contribution in [0, 0.1) is 6.92 Å². The highest BCUT2D eigenvalue weighted by Gasteiger charge is 2.31. The SMILES string of the molecule is Cc1ccc2c(c1)SCCC2C(O)C(=O)O. The number of hydrogen-bond acceptors (Lipinski definition) is 3. The largest absolute Gasteiger partial charge is 0.479 e. The quantitative estimate of drug-likeness (QED) is 0.827. The van der Waals surface area contributed by atoms with E-state index < -0.39 is 12.1 Å². The van der Waals surface area contributed by atoms with Crippen molar-refractivity contribution in [3.8, 4) is 0 Å². The van der Waals surface area contributed by atoms with Crippen molar-refractivity contribution in [3.05, 3.63) is 29.3 Å². The summed E-state index contributed by atoms with van der Waals surface area (Å²) >= 11 is 1.73. The van der Waals surface area contributed by atoms with E-state index in [-0.39, 0.29) is 5.92 Å². The molecule has 2 N–H and O–H groups in total. The van der Waals surface area contributed by atoms with Gasteiger partial charge in [-0.05, 0) is 30.7 Å². The highest BCUT2D eigenvalue weighted by atomic mass is 32.2. The number of fused-ring (bicyclic) bond motifs is 1. The van der Waals surface area contributed by atoms with Gasteiger partial charge in [-0.1, -0.05) is 17.7 Å². The zero-order valence-corrected chi connectivity index (χ0v) is 9.83. The molecule has 0 aromatic heterocycles. The molecule has 0 fully saturated rings. The van der Waals surface area contributed by atoms with Crippen molar-refractivity contribution in [2.75, 3.05) is 5.75 Å². The molecule has 2 atom stereocenters. The van der Waals surface area contributed by atoms with Crippen molar-refractivity contribution in [2.45, 2.75) is 30.3 Å². The van der Waals surface area contributed by atoms with Gasteiger partial charge in [0.2, 0.25) is 0 Å². The van der Waals surface area contributed by atoms with Crippen molar-refractivity contribution in [2.24, 2.45) is 0 Å². The summed E-state index contributed by atoms with van der Waals surface area (Å²) in [5, 5.41) is 18.5. The maximum Gasteiger partial charge on any atom is 0.333 e. The van der Waals surface area contributed by atoms with Gasteiger partial charge in [0.05, 0.1) is 0 Å². The molecule has 0 spiro atoms. The Kier molecular flexibility index (Phi) is 3.21. The highest BCUT2D eigenvalue weighted by molar-refractivity contribution is 7.99.